The van der Waals surface area contributed by atoms with Gasteiger partial charge in [-0.3, -0.25) is 13.8 Å². The van der Waals surface area contributed by atoms with Gasteiger partial charge in [0.1, 0.15) is 0 Å². The Bertz CT molecular complexity index is 866. The van der Waals surface area contributed by atoms with E-state index < -0.39 is 20.0 Å². The molecule has 5 N–H and O–H groups in total. The number of phosphoric ester groups is 1. The van der Waals surface area contributed by atoms with E-state index in [9.17, 15) is 19.4 Å². The van der Waals surface area contributed by atoms with Gasteiger partial charge in [-0.25, -0.2) is 4.57 Å². The molecule has 0 radical (unpaired) electrons. The van der Waals surface area contributed by atoms with Crippen LogP contribution in [0.25, 0.3) is 0 Å². The standard InChI is InChI=1S/C40H77N2O6P/c1-3-5-7-9-11-13-15-16-17-18-19-20-21-22-23-24-26-28-30-32-34-40(44)42-38(37-48-49(45,46)47-36-35-41)39(43)33-31-29-27-25-14-12-10-8-6-4-2/h6,8,14,25,31,33,38-39,43H,3-5,7,9-13,15-24,26-30,32,34-37,41H2,1-2H3,(H,42,44)(H,45,46)/b8-6+,25-14+,33-31+. The molecule has 0 aromatic carbocycles. The van der Waals surface area contributed by atoms with Crippen molar-refractivity contribution in [3.05, 3.63) is 36.5 Å². The average molecular weight is 713 g/mol. The second-order valence-corrected chi connectivity index (χ2v) is 14.9. The van der Waals surface area contributed by atoms with E-state index in [2.05, 4.69) is 43.5 Å². The Kier molecular flexibility index (Phi) is 35.6. The molecule has 0 bridgehead atoms. The highest BCUT2D eigenvalue weighted by molar-refractivity contribution is 7.47. The number of aliphatic hydroxyl groups excluding tert-OH is 1. The molecule has 0 spiro atoms. The van der Waals surface area contributed by atoms with Gasteiger partial charge < -0.3 is 21.1 Å². The van der Waals surface area contributed by atoms with Crippen LogP contribution in [-0.4, -0.2) is 47.8 Å². The van der Waals surface area contributed by atoms with Crippen LogP contribution >= 0.6 is 7.82 Å². The maximum atomic E-state index is 12.7. The van der Waals surface area contributed by atoms with Crippen molar-refractivity contribution in [2.75, 3.05) is 19.8 Å². The monoisotopic (exact) mass is 713 g/mol. The summed E-state index contributed by atoms with van der Waals surface area (Å²) in [5.41, 5.74) is 5.35. The topological polar surface area (TPSA) is 131 Å². The summed E-state index contributed by atoms with van der Waals surface area (Å²) in [6.45, 7) is 3.98. The molecule has 0 heterocycles. The van der Waals surface area contributed by atoms with E-state index in [-0.39, 0.29) is 25.7 Å². The van der Waals surface area contributed by atoms with Crippen LogP contribution in [0.15, 0.2) is 36.5 Å². The summed E-state index contributed by atoms with van der Waals surface area (Å²) in [6, 6.07) is -0.878. The van der Waals surface area contributed by atoms with E-state index in [1.165, 1.54) is 109 Å². The number of carbonyl (C=O) groups is 1. The normalized spacial score (nSPS) is 14.6. The molecule has 288 valence electrons. The van der Waals surface area contributed by atoms with Gasteiger partial charge in [-0.15, -0.1) is 0 Å². The van der Waals surface area contributed by atoms with Crippen molar-refractivity contribution in [3.63, 3.8) is 0 Å². The molecule has 0 aliphatic carbocycles. The third-order valence-corrected chi connectivity index (χ3v) is 9.69. The predicted octanol–water partition coefficient (Wildman–Crippen LogP) is 10.8. The molecule has 0 saturated carbocycles. The molecule has 3 unspecified atom stereocenters. The number of aliphatic hydroxyl groups is 1. The Morgan fingerprint density at radius 2 is 1.10 bits per heavy atom. The molecular formula is C40H77N2O6P. The number of allylic oxidation sites excluding steroid dienone is 5. The molecule has 1 amide bonds. The molecule has 3 atom stereocenters. The second-order valence-electron chi connectivity index (χ2n) is 13.5. The first-order valence-corrected chi connectivity index (χ1v) is 21.6. The van der Waals surface area contributed by atoms with E-state index in [1.807, 2.05) is 6.08 Å². The van der Waals surface area contributed by atoms with Gasteiger partial charge in [0, 0.05) is 13.0 Å². The van der Waals surface area contributed by atoms with Gasteiger partial charge in [0.25, 0.3) is 0 Å². The highest BCUT2D eigenvalue weighted by Gasteiger charge is 2.26. The van der Waals surface area contributed by atoms with Crippen LogP contribution in [0.5, 0.6) is 0 Å². The number of rotatable bonds is 37. The van der Waals surface area contributed by atoms with Crippen molar-refractivity contribution < 1.29 is 28.4 Å². The largest absolute Gasteiger partial charge is 0.472 e. The Balaban J connectivity index is 4.15. The summed E-state index contributed by atoms with van der Waals surface area (Å²) in [5.74, 6) is -0.209. The Morgan fingerprint density at radius 1 is 0.673 bits per heavy atom. The number of hydrogen-bond donors (Lipinski definition) is 4. The zero-order chi connectivity index (χ0) is 36.1. The lowest BCUT2D eigenvalue weighted by molar-refractivity contribution is -0.123. The molecule has 0 rings (SSSR count). The van der Waals surface area contributed by atoms with E-state index in [4.69, 9.17) is 14.8 Å². The van der Waals surface area contributed by atoms with Gasteiger partial charge in [0.2, 0.25) is 5.91 Å². The highest BCUT2D eigenvalue weighted by Crippen LogP contribution is 2.43. The summed E-state index contributed by atoms with van der Waals surface area (Å²) >= 11 is 0. The number of carbonyl (C=O) groups excluding carboxylic acids is 1. The average Bonchev–Trinajstić information content (AvgIpc) is 3.09. The van der Waals surface area contributed by atoms with E-state index in [1.54, 1.807) is 6.08 Å². The maximum Gasteiger partial charge on any atom is 0.472 e. The maximum absolute atomic E-state index is 12.7. The number of unbranched alkanes of at least 4 members (excludes halogenated alkanes) is 21. The molecule has 0 fully saturated rings. The minimum atomic E-state index is -4.34. The summed E-state index contributed by atoms with van der Waals surface area (Å²) < 4.78 is 22.0. The number of hydrogen-bond acceptors (Lipinski definition) is 6. The fourth-order valence-corrected chi connectivity index (χ4v) is 6.46. The molecule has 0 aromatic heterocycles. The number of phosphoric acid groups is 1. The van der Waals surface area contributed by atoms with Crippen molar-refractivity contribution in [2.24, 2.45) is 5.73 Å². The van der Waals surface area contributed by atoms with Crippen LogP contribution in [0.4, 0.5) is 0 Å². The molecule has 0 saturated heterocycles. The van der Waals surface area contributed by atoms with Gasteiger partial charge in [0.05, 0.1) is 25.4 Å². The Hall–Kier alpha value is -1.28. The molecule has 0 aromatic rings. The smallest absolute Gasteiger partial charge is 0.387 e. The minimum Gasteiger partial charge on any atom is -0.387 e. The van der Waals surface area contributed by atoms with Crippen molar-refractivity contribution >= 4 is 13.7 Å². The van der Waals surface area contributed by atoms with Crippen LogP contribution in [-0.2, 0) is 18.4 Å². The van der Waals surface area contributed by atoms with Gasteiger partial charge in [-0.2, -0.15) is 0 Å². The third-order valence-electron chi connectivity index (χ3n) is 8.71. The van der Waals surface area contributed by atoms with Crippen molar-refractivity contribution in [3.8, 4) is 0 Å². The zero-order valence-electron chi connectivity index (χ0n) is 31.7. The SMILES string of the molecule is CC/C=C/CC/C=C/CC/C=C/C(O)C(COP(=O)(O)OCCN)NC(=O)CCCCCCCCCCCCCCCCCCCCCC. The van der Waals surface area contributed by atoms with Crippen LogP contribution in [0.1, 0.15) is 181 Å². The second kappa shape index (κ2) is 36.5. The first kappa shape index (κ1) is 47.7. The number of amides is 1. The predicted molar refractivity (Wildman–Crippen MR) is 208 cm³/mol. The summed E-state index contributed by atoms with van der Waals surface area (Å²) in [5, 5.41) is 13.5. The minimum absolute atomic E-state index is 0.0722. The number of nitrogens with two attached hydrogens (primary N) is 1. The fraction of sp³-hybridized carbons (Fsp3) is 0.825. The van der Waals surface area contributed by atoms with Crippen molar-refractivity contribution in [1.82, 2.24) is 5.32 Å². The Morgan fingerprint density at radius 3 is 1.55 bits per heavy atom. The van der Waals surface area contributed by atoms with Gasteiger partial charge in [0.15, 0.2) is 0 Å². The van der Waals surface area contributed by atoms with Crippen LogP contribution in [0.3, 0.4) is 0 Å². The first-order valence-electron chi connectivity index (χ1n) is 20.1. The molecular weight excluding hydrogens is 635 g/mol. The summed E-state index contributed by atoms with van der Waals surface area (Å²) in [7, 11) is -4.34. The van der Waals surface area contributed by atoms with E-state index in [0.29, 0.717) is 6.42 Å². The molecule has 0 aliphatic heterocycles. The summed E-state index contributed by atoms with van der Waals surface area (Å²) in [6.07, 6.45) is 42.1. The first-order chi connectivity index (χ1) is 23.9. The highest BCUT2D eigenvalue weighted by atomic mass is 31.2. The third kappa shape index (κ3) is 34.9. The lowest BCUT2D eigenvalue weighted by Gasteiger charge is -2.23. The lowest BCUT2D eigenvalue weighted by Crippen LogP contribution is -2.45. The fourth-order valence-electron chi connectivity index (χ4n) is 5.70. The van der Waals surface area contributed by atoms with Crippen LogP contribution < -0.4 is 11.1 Å². The molecule has 8 nitrogen and oxygen atoms in total. The van der Waals surface area contributed by atoms with Gasteiger partial charge >= 0.3 is 7.82 Å². The van der Waals surface area contributed by atoms with Crippen molar-refractivity contribution in [1.29, 1.82) is 0 Å². The van der Waals surface area contributed by atoms with Gasteiger partial charge in [-0.05, 0) is 38.5 Å². The lowest BCUT2D eigenvalue weighted by atomic mass is 10.0. The molecule has 49 heavy (non-hydrogen) atoms. The zero-order valence-corrected chi connectivity index (χ0v) is 32.6. The Labute approximate surface area is 301 Å². The quantitative estimate of drug-likeness (QED) is 0.0286. The van der Waals surface area contributed by atoms with Crippen molar-refractivity contribution in [2.45, 2.75) is 193 Å². The summed E-state index contributed by atoms with van der Waals surface area (Å²) in [4.78, 5) is 22.6. The van der Waals surface area contributed by atoms with E-state index in [0.717, 1.165) is 51.4 Å². The van der Waals surface area contributed by atoms with E-state index >= 15 is 0 Å². The van der Waals surface area contributed by atoms with Gasteiger partial charge in [-0.1, -0.05) is 172 Å². The van der Waals surface area contributed by atoms with Crippen LogP contribution in [0, 0.1) is 0 Å². The van der Waals surface area contributed by atoms with Crippen LogP contribution in [0.2, 0.25) is 0 Å². The molecule has 9 heteroatoms. The number of nitrogens with one attached hydrogen (secondary N) is 1. The molecule has 0 aliphatic rings.